The van der Waals surface area contributed by atoms with Gasteiger partial charge in [-0.05, 0) is 6.92 Å². The molecule has 0 saturated heterocycles. The molecule has 0 N–H and O–H groups in total. The number of carbonyl (C=O) groups is 2. The van der Waals surface area contributed by atoms with E-state index in [1.807, 2.05) is 4.90 Å². The van der Waals surface area contributed by atoms with E-state index < -0.39 is 0 Å². The van der Waals surface area contributed by atoms with Gasteiger partial charge in [0.2, 0.25) is 0 Å². The van der Waals surface area contributed by atoms with Crippen LogP contribution < -0.4 is 0 Å². The highest BCUT2D eigenvalue weighted by molar-refractivity contribution is 5.84. The minimum atomic E-state index is -0.323. The molecule has 0 aliphatic rings. The fraction of sp³-hybridized carbons (Fsp3) is 0.846. The van der Waals surface area contributed by atoms with Gasteiger partial charge in [0, 0.05) is 33.7 Å². The fourth-order valence-electron chi connectivity index (χ4n) is 1.51. The van der Waals surface area contributed by atoms with Crippen molar-refractivity contribution in [2.45, 2.75) is 19.8 Å². The highest BCUT2D eigenvalue weighted by Gasteiger charge is 2.12. The Bertz CT molecular complexity index is 249. The Morgan fingerprint density at radius 3 is 2.05 bits per heavy atom. The van der Waals surface area contributed by atoms with Crippen LogP contribution in [0.25, 0.3) is 0 Å². The summed E-state index contributed by atoms with van der Waals surface area (Å²) in [7, 11) is 3.24. The molecule has 0 aromatic rings. The van der Waals surface area contributed by atoms with Crippen LogP contribution in [0.15, 0.2) is 0 Å². The Balaban J connectivity index is 3.96. The molecule has 0 saturated carbocycles. The van der Waals surface area contributed by atoms with Gasteiger partial charge in [0.15, 0.2) is 0 Å². The Hall–Kier alpha value is -0.980. The van der Waals surface area contributed by atoms with Gasteiger partial charge in [-0.2, -0.15) is 0 Å². The zero-order chi connectivity index (χ0) is 14.5. The molecule has 0 unspecified atom stereocenters. The van der Waals surface area contributed by atoms with Crippen molar-refractivity contribution in [3.05, 3.63) is 0 Å². The number of esters is 1. The summed E-state index contributed by atoms with van der Waals surface area (Å²) < 4.78 is 14.8. The lowest BCUT2D eigenvalue weighted by atomic mass is 10.2. The third-order valence-corrected chi connectivity index (χ3v) is 2.54. The maximum atomic E-state index is 11.8. The molecule has 0 spiro atoms. The minimum absolute atomic E-state index is 0.0280. The predicted octanol–water partition coefficient (Wildman–Crippen LogP) is 0.494. The first kappa shape index (κ1) is 18.0. The van der Waals surface area contributed by atoms with Gasteiger partial charge in [-0.25, -0.2) is 0 Å². The molecule has 0 amide bonds. The zero-order valence-corrected chi connectivity index (χ0v) is 12.1. The molecule has 6 heteroatoms. The molecule has 0 heterocycles. The second kappa shape index (κ2) is 12.1. The van der Waals surface area contributed by atoms with Gasteiger partial charge >= 0.3 is 5.97 Å². The number of hydrogen-bond donors (Lipinski definition) is 0. The standard InChI is InChI=1S/C13H25NO5/c1-4-19-13(16)6-5-12(15)11-14(7-9-17-2)8-10-18-3/h4-11H2,1-3H3. The number of hydrogen-bond acceptors (Lipinski definition) is 6. The number of ketones is 1. The van der Waals surface area contributed by atoms with E-state index in [-0.39, 0.29) is 24.6 Å². The first-order valence-electron chi connectivity index (χ1n) is 6.51. The first-order chi connectivity index (χ1) is 9.13. The molecule has 0 aromatic heterocycles. The first-order valence-corrected chi connectivity index (χ1v) is 6.51. The molecule has 112 valence electrons. The Labute approximate surface area is 115 Å². The number of Topliss-reactive ketones (excluding diaryl/α,β-unsaturated/α-hetero) is 1. The number of rotatable bonds is 12. The van der Waals surface area contributed by atoms with Crippen molar-refractivity contribution in [3.63, 3.8) is 0 Å². The molecular formula is C13H25NO5. The number of carbonyl (C=O) groups excluding carboxylic acids is 2. The normalized spacial score (nSPS) is 10.7. The second-order valence-electron chi connectivity index (χ2n) is 4.11. The molecule has 0 aliphatic heterocycles. The molecular weight excluding hydrogens is 250 g/mol. The van der Waals surface area contributed by atoms with E-state index in [1.165, 1.54) is 0 Å². The van der Waals surface area contributed by atoms with Gasteiger partial charge in [-0.1, -0.05) is 0 Å². The van der Waals surface area contributed by atoms with Gasteiger partial charge < -0.3 is 14.2 Å². The Morgan fingerprint density at radius 2 is 1.58 bits per heavy atom. The molecule has 0 bridgehead atoms. The van der Waals surface area contributed by atoms with Crippen LogP contribution in [0.1, 0.15) is 19.8 Å². The van der Waals surface area contributed by atoms with Gasteiger partial charge in [-0.3, -0.25) is 14.5 Å². The molecule has 6 nitrogen and oxygen atoms in total. The van der Waals surface area contributed by atoms with Crippen molar-refractivity contribution in [2.24, 2.45) is 0 Å². The molecule has 0 rings (SSSR count). The topological polar surface area (TPSA) is 65.1 Å². The summed E-state index contributed by atoms with van der Waals surface area (Å²) in [6.45, 7) is 4.88. The van der Waals surface area contributed by atoms with Crippen LogP contribution in [0.5, 0.6) is 0 Å². The lowest BCUT2D eigenvalue weighted by molar-refractivity contribution is -0.144. The molecule has 0 fully saturated rings. The van der Waals surface area contributed by atoms with E-state index in [2.05, 4.69) is 0 Å². The van der Waals surface area contributed by atoms with Crippen molar-refractivity contribution in [1.82, 2.24) is 4.90 Å². The Morgan fingerprint density at radius 1 is 1.00 bits per heavy atom. The van der Waals surface area contributed by atoms with Crippen LogP contribution in [0.4, 0.5) is 0 Å². The molecule has 0 atom stereocenters. The summed E-state index contributed by atoms with van der Waals surface area (Å²) in [5, 5.41) is 0. The lowest BCUT2D eigenvalue weighted by Gasteiger charge is -2.20. The average molecular weight is 275 g/mol. The van der Waals surface area contributed by atoms with Crippen LogP contribution in [0.2, 0.25) is 0 Å². The van der Waals surface area contributed by atoms with Gasteiger partial charge in [-0.15, -0.1) is 0 Å². The van der Waals surface area contributed by atoms with E-state index >= 15 is 0 Å². The summed E-state index contributed by atoms with van der Waals surface area (Å²) in [5.41, 5.74) is 0. The third kappa shape index (κ3) is 10.6. The quantitative estimate of drug-likeness (QED) is 0.483. The highest BCUT2D eigenvalue weighted by Crippen LogP contribution is 1.98. The van der Waals surface area contributed by atoms with Gasteiger partial charge in [0.25, 0.3) is 0 Å². The SMILES string of the molecule is CCOC(=O)CCC(=O)CN(CCOC)CCOC. The smallest absolute Gasteiger partial charge is 0.306 e. The monoisotopic (exact) mass is 275 g/mol. The van der Waals surface area contributed by atoms with Crippen molar-refractivity contribution in [2.75, 3.05) is 53.7 Å². The lowest BCUT2D eigenvalue weighted by Crippen LogP contribution is -2.35. The van der Waals surface area contributed by atoms with Crippen molar-refractivity contribution < 1.29 is 23.8 Å². The molecule has 0 aliphatic carbocycles. The van der Waals surface area contributed by atoms with Crippen molar-refractivity contribution in [1.29, 1.82) is 0 Å². The van der Waals surface area contributed by atoms with Gasteiger partial charge in [0.1, 0.15) is 5.78 Å². The van der Waals surface area contributed by atoms with E-state index in [4.69, 9.17) is 14.2 Å². The minimum Gasteiger partial charge on any atom is -0.466 e. The van der Waals surface area contributed by atoms with E-state index in [9.17, 15) is 9.59 Å². The van der Waals surface area contributed by atoms with E-state index in [0.29, 0.717) is 39.5 Å². The summed E-state index contributed by atoms with van der Waals surface area (Å²) in [5.74, 6) is -0.295. The largest absolute Gasteiger partial charge is 0.466 e. The van der Waals surface area contributed by atoms with Crippen molar-refractivity contribution in [3.8, 4) is 0 Å². The van der Waals surface area contributed by atoms with E-state index in [0.717, 1.165) is 0 Å². The van der Waals surface area contributed by atoms with Crippen molar-refractivity contribution >= 4 is 11.8 Å². The summed E-state index contributed by atoms with van der Waals surface area (Å²) in [6.07, 6.45) is 0.365. The van der Waals surface area contributed by atoms with Crippen LogP contribution in [0.3, 0.4) is 0 Å². The fourth-order valence-corrected chi connectivity index (χ4v) is 1.51. The summed E-state index contributed by atoms with van der Waals surface area (Å²) >= 11 is 0. The zero-order valence-electron chi connectivity index (χ0n) is 12.1. The van der Waals surface area contributed by atoms with Crippen LogP contribution in [-0.2, 0) is 23.8 Å². The maximum absolute atomic E-state index is 11.8. The Kier molecular flexibility index (Phi) is 11.5. The van der Waals surface area contributed by atoms with Crippen LogP contribution >= 0.6 is 0 Å². The summed E-state index contributed by atoms with van der Waals surface area (Å²) in [6, 6.07) is 0. The molecule has 0 aromatic carbocycles. The number of methoxy groups -OCH3 is 2. The maximum Gasteiger partial charge on any atom is 0.306 e. The second-order valence-corrected chi connectivity index (χ2v) is 4.11. The van der Waals surface area contributed by atoms with Crippen LogP contribution in [-0.4, -0.2) is 70.3 Å². The summed E-state index contributed by atoms with van der Waals surface area (Å²) in [4.78, 5) is 24.9. The van der Waals surface area contributed by atoms with Gasteiger partial charge in [0.05, 0.1) is 32.8 Å². The van der Waals surface area contributed by atoms with E-state index in [1.54, 1.807) is 21.1 Å². The number of ether oxygens (including phenoxy) is 3. The molecule has 19 heavy (non-hydrogen) atoms. The third-order valence-electron chi connectivity index (χ3n) is 2.54. The average Bonchev–Trinajstić information content (AvgIpc) is 2.40. The highest BCUT2D eigenvalue weighted by atomic mass is 16.5. The van der Waals surface area contributed by atoms with Crippen LogP contribution in [0, 0.1) is 0 Å². The predicted molar refractivity (Wildman–Crippen MR) is 71.1 cm³/mol. The number of nitrogens with zero attached hydrogens (tertiary/aromatic N) is 1. The molecule has 0 radical (unpaired) electrons.